The van der Waals surface area contributed by atoms with Gasteiger partial charge in [0.25, 0.3) is 0 Å². The van der Waals surface area contributed by atoms with Crippen LogP contribution in [0.3, 0.4) is 0 Å². The maximum atomic E-state index is 12.0. The van der Waals surface area contributed by atoms with Crippen molar-refractivity contribution in [2.75, 3.05) is 11.9 Å². The zero-order chi connectivity index (χ0) is 13.5. The molecule has 0 saturated heterocycles. The normalized spacial score (nSPS) is 12.2. The molecular formula is C15H24N2O. The fourth-order valence-corrected chi connectivity index (χ4v) is 1.93. The van der Waals surface area contributed by atoms with Crippen LogP contribution in [0, 0.1) is 0 Å². The smallest absolute Gasteiger partial charge is 0.228 e. The number of anilines is 1. The molecule has 2 N–H and O–H groups in total. The van der Waals surface area contributed by atoms with Crippen LogP contribution in [0.5, 0.6) is 0 Å². The molecule has 1 aromatic rings. The van der Waals surface area contributed by atoms with Gasteiger partial charge in [-0.25, -0.2) is 0 Å². The molecule has 0 fully saturated rings. The van der Waals surface area contributed by atoms with Gasteiger partial charge in [-0.3, -0.25) is 4.79 Å². The third-order valence-corrected chi connectivity index (χ3v) is 3.20. The second kappa shape index (κ2) is 7.17. The average molecular weight is 248 g/mol. The van der Waals surface area contributed by atoms with Crippen LogP contribution < -0.4 is 10.6 Å². The summed E-state index contributed by atoms with van der Waals surface area (Å²) >= 11 is 0. The Hall–Kier alpha value is -1.35. The first-order valence-electron chi connectivity index (χ1n) is 6.69. The van der Waals surface area contributed by atoms with Gasteiger partial charge >= 0.3 is 0 Å². The number of rotatable bonds is 6. The van der Waals surface area contributed by atoms with Crippen LogP contribution in [0.15, 0.2) is 24.3 Å². The van der Waals surface area contributed by atoms with Crippen molar-refractivity contribution in [2.45, 2.75) is 45.6 Å². The number of amides is 1. The van der Waals surface area contributed by atoms with Gasteiger partial charge in [0, 0.05) is 25.2 Å². The number of carbonyl (C=O) groups is 1. The molecule has 1 rings (SSSR count). The fraction of sp³-hybridized carbons (Fsp3) is 0.533. The Kier molecular flexibility index (Phi) is 5.86. The third-order valence-electron chi connectivity index (χ3n) is 3.20. The van der Waals surface area contributed by atoms with Gasteiger partial charge in [-0.2, -0.15) is 0 Å². The molecule has 3 heteroatoms. The summed E-state index contributed by atoms with van der Waals surface area (Å²) in [6, 6.07) is 8.07. The molecule has 1 aromatic carbocycles. The molecule has 0 saturated carbocycles. The maximum absolute atomic E-state index is 12.0. The molecule has 0 bridgehead atoms. The molecular weight excluding hydrogens is 224 g/mol. The number of nitrogens with zero attached hydrogens (tertiary/aromatic N) is 1. The highest BCUT2D eigenvalue weighted by molar-refractivity contribution is 5.93. The highest BCUT2D eigenvalue weighted by Gasteiger charge is 2.14. The minimum absolute atomic E-state index is 0.0279. The fourth-order valence-electron chi connectivity index (χ4n) is 1.93. The topological polar surface area (TPSA) is 46.3 Å². The summed E-state index contributed by atoms with van der Waals surface area (Å²) in [5.41, 5.74) is 8.11. The number of nitrogens with two attached hydrogens (primary N) is 1. The number of hydrogen-bond acceptors (Lipinski definition) is 2. The lowest BCUT2D eigenvalue weighted by atomic mass is 10.1. The highest BCUT2D eigenvalue weighted by atomic mass is 16.2. The van der Waals surface area contributed by atoms with Crippen LogP contribution >= 0.6 is 0 Å². The van der Waals surface area contributed by atoms with Gasteiger partial charge in [-0.1, -0.05) is 32.4 Å². The SMILES string of the molecule is CCCC(N)CC(=O)N(C)c1ccc(CC)cc1. The summed E-state index contributed by atoms with van der Waals surface area (Å²) in [6.45, 7) is 4.20. The van der Waals surface area contributed by atoms with E-state index in [9.17, 15) is 4.79 Å². The molecule has 18 heavy (non-hydrogen) atoms. The van der Waals surface area contributed by atoms with Crippen molar-refractivity contribution in [3.8, 4) is 0 Å². The van der Waals surface area contributed by atoms with E-state index in [1.165, 1.54) is 5.56 Å². The Morgan fingerprint density at radius 2 is 1.89 bits per heavy atom. The summed E-state index contributed by atoms with van der Waals surface area (Å²) in [6.07, 6.45) is 3.34. The lowest BCUT2D eigenvalue weighted by molar-refractivity contribution is -0.118. The summed E-state index contributed by atoms with van der Waals surface area (Å²) < 4.78 is 0. The molecule has 3 nitrogen and oxygen atoms in total. The molecule has 1 unspecified atom stereocenters. The summed E-state index contributed by atoms with van der Waals surface area (Å²) in [5, 5.41) is 0. The lowest BCUT2D eigenvalue weighted by Gasteiger charge is -2.19. The van der Waals surface area contributed by atoms with E-state index in [0.29, 0.717) is 6.42 Å². The van der Waals surface area contributed by atoms with Crippen LogP contribution in [0.2, 0.25) is 0 Å². The molecule has 1 atom stereocenters. The molecule has 0 radical (unpaired) electrons. The second-order valence-corrected chi connectivity index (χ2v) is 4.73. The predicted molar refractivity (Wildman–Crippen MR) is 76.7 cm³/mol. The van der Waals surface area contributed by atoms with E-state index in [1.54, 1.807) is 4.90 Å². The summed E-state index contributed by atoms with van der Waals surface area (Å²) in [4.78, 5) is 13.7. The second-order valence-electron chi connectivity index (χ2n) is 4.73. The Morgan fingerprint density at radius 3 is 2.39 bits per heavy atom. The zero-order valence-corrected chi connectivity index (χ0v) is 11.6. The standard InChI is InChI=1S/C15H24N2O/c1-4-6-13(16)11-15(18)17(3)14-9-7-12(5-2)8-10-14/h7-10,13H,4-6,11,16H2,1-3H3. The first-order chi connectivity index (χ1) is 8.58. The molecule has 0 aliphatic rings. The van der Waals surface area contributed by atoms with Crippen molar-refractivity contribution < 1.29 is 4.79 Å². The van der Waals surface area contributed by atoms with E-state index in [1.807, 2.05) is 19.2 Å². The first-order valence-corrected chi connectivity index (χ1v) is 6.69. The molecule has 0 aliphatic heterocycles. The Morgan fingerprint density at radius 1 is 1.28 bits per heavy atom. The maximum Gasteiger partial charge on any atom is 0.228 e. The van der Waals surface area contributed by atoms with Crippen molar-refractivity contribution in [2.24, 2.45) is 5.73 Å². The molecule has 100 valence electrons. The van der Waals surface area contributed by atoms with Crippen LogP contribution in [-0.4, -0.2) is 19.0 Å². The Bertz CT molecular complexity index is 373. The van der Waals surface area contributed by atoms with Crippen molar-refractivity contribution in [3.63, 3.8) is 0 Å². The largest absolute Gasteiger partial charge is 0.327 e. The van der Waals surface area contributed by atoms with Gasteiger partial charge < -0.3 is 10.6 Å². The Labute approximate surface area is 110 Å². The summed E-state index contributed by atoms with van der Waals surface area (Å²) in [5.74, 6) is 0.0835. The van der Waals surface area contributed by atoms with Crippen molar-refractivity contribution in [1.82, 2.24) is 0 Å². The lowest BCUT2D eigenvalue weighted by Crippen LogP contribution is -2.33. The molecule has 0 heterocycles. The van der Waals surface area contributed by atoms with Gasteiger partial charge in [-0.15, -0.1) is 0 Å². The monoisotopic (exact) mass is 248 g/mol. The van der Waals surface area contributed by atoms with Gasteiger partial charge in [-0.05, 0) is 30.5 Å². The molecule has 1 amide bonds. The predicted octanol–water partition coefficient (Wildman–Crippen LogP) is 2.73. The number of carbonyl (C=O) groups excluding carboxylic acids is 1. The van der Waals surface area contributed by atoms with Crippen LogP contribution in [0.25, 0.3) is 0 Å². The van der Waals surface area contributed by atoms with E-state index in [2.05, 4.69) is 26.0 Å². The van der Waals surface area contributed by atoms with Gasteiger partial charge in [0.05, 0.1) is 0 Å². The number of aryl methyl sites for hydroxylation is 1. The highest BCUT2D eigenvalue weighted by Crippen LogP contribution is 2.15. The van der Waals surface area contributed by atoms with E-state index in [0.717, 1.165) is 24.9 Å². The van der Waals surface area contributed by atoms with Crippen LogP contribution in [-0.2, 0) is 11.2 Å². The summed E-state index contributed by atoms with van der Waals surface area (Å²) in [7, 11) is 1.81. The molecule has 0 spiro atoms. The van der Waals surface area contributed by atoms with Crippen LogP contribution in [0.1, 0.15) is 38.7 Å². The van der Waals surface area contributed by atoms with E-state index in [-0.39, 0.29) is 11.9 Å². The molecule has 0 aromatic heterocycles. The average Bonchev–Trinajstić information content (AvgIpc) is 2.38. The minimum Gasteiger partial charge on any atom is -0.327 e. The van der Waals surface area contributed by atoms with E-state index in [4.69, 9.17) is 5.73 Å². The third kappa shape index (κ3) is 4.15. The van der Waals surface area contributed by atoms with Crippen molar-refractivity contribution in [3.05, 3.63) is 29.8 Å². The van der Waals surface area contributed by atoms with Crippen molar-refractivity contribution >= 4 is 11.6 Å². The first kappa shape index (κ1) is 14.7. The van der Waals surface area contributed by atoms with Gasteiger partial charge in [0.15, 0.2) is 0 Å². The number of benzene rings is 1. The van der Waals surface area contributed by atoms with Gasteiger partial charge in [0.2, 0.25) is 5.91 Å². The van der Waals surface area contributed by atoms with E-state index >= 15 is 0 Å². The quantitative estimate of drug-likeness (QED) is 0.841. The van der Waals surface area contributed by atoms with E-state index < -0.39 is 0 Å². The Balaban J connectivity index is 2.61. The molecule has 0 aliphatic carbocycles. The minimum atomic E-state index is -0.0279. The van der Waals surface area contributed by atoms with Gasteiger partial charge in [0.1, 0.15) is 0 Å². The number of hydrogen-bond donors (Lipinski definition) is 1. The van der Waals surface area contributed by atoms with Crippen LogP contribution in [0.4, 0.5) is 5.69 Å². The zero-order valence-electron chi connectivity index (χ0n) is 11.6. The van der Waals surface area contributed by atoms with Crippen molar-refractivity contribution in [1.29, 1.82) is 0 Å².